The van der Waals surface area contributed by atoms with Crippen molar-refractivity contribution in [3.05, 3.63) is 46.3 Å². The van der Waals surface area contributed by atoms with Gasteiger partial charge in [-0.2, -0.15) is 4.68 Å². The first-order valence-corrected chi connectivity index (χ1v) is 15.6. The second kappa shape index (κ2) is 17.0. The number of hydrogen-bond acceptors (Lipinski definition) is 7. The molecule has 0 amide bonds. The molecule has 0 spiro atoms. The molecule has 226 valence electrons. The Morgan fingerprint density at radius 2 is 1.68 bits per heavy atom. The van der Waals surface area contributed by atoms with Crippen LogP contribution in [0.25, 0.3) is 5.65 Å². The first-order chi connectivity index (χ1) is 19.8. The second-order valence-electron chi connectivity index (χ2n) is 11.7. The molecule has 2 atom stereocenters. The summed E-state index contributed by atoms with van der Waals surface area (Å²) < 4.78 is 7.93. The summed E-state index contributed by atoms with van der Waals surface area (Å²) in [6, 6.07) is 0. The molecule has 1 aliphatic carbocycles. The number of allylic oxidation sites excluding steroid dienone is 2. The van der Waals surface area contributed by atoms with Crippen molar-refractivity contribution in [2.45, 2.75) is 117 Å². The zero-order valence-electron chi connectivity index (χ0n) is 25.4. The van der Waals surface area contributed by atoms with E-state index < -0.39 is 23.4 Å². The first kappa shape index (κ1) is 32.4. The van der Waals surface area contributed by atoms with Gasteiger partial charge in [-0.3, -0.25) is 9.59 Å². The van der Waals surface area contributed by atoms with Crippen LogP contribution < -0.4 is 5.69 Å². The molecule has 0 N–H and O–H groups in total. The lowest BCUT2D eigenvalue weighted by Gasteiger charge is -2.22. The second-order valence-corrected chi connectivity index (χ2v) is 11.7. The number of rotatable bonds is 19. The SMILES string of the molecule is C=C(C)C1CC=C(COC(=O)C(CCCCCCCCCCCCCC)C(=O)c2ncn3c(=O)n(C)nnc23)CC1. The number of hydrogen-bond donors (Lipinski definition) is 0. The molecule has 0 bridgehead atoms. The van der Waals surface area contributed by atoms with E-state index in [0.717, 1.165) is 48.8 Å². The Morgan fingerprint density at radius 3 is 2.27 bits per heavy atom. The Kier molecular flexibility index (Phi) is 13.4. The molecule has 2 aromatic rings. The van der Waals surface area contributed by atoms with Gasteiger partial charge >= 0.3 is 11.7 Å². The number of carbonyl (C=O) groups is 2. The minimum Gasteiger partial charge on any atom is -0.461 e. The van der Waals surface area contributed by atoms with E-state index in [-0.39, 0.29) is 17.9 Å². The minimum atomic E-state index is -0.991. The molecule has 0 aliphatic heterocycles. The lowest BCUT2D eigenvalue weighted by atomic mass is 9.86. The van der Waals surface area contributed by atoms with E-state index in [2.05, 4.69) is 41.8 Å². The number of ether oxygens (including phenoxy) is 1. The van der Waals surface area contributed by atoms with Crippen LogP contribution in [0.1, 0.15) is 127 Å². The largest absolute Gasteiger partial charge is 0.461 e. The monoisotopic (exact) mass is 567 g/mol. The van der Waals surface area contributed by atoms with Gasteiger partial charge in [-0.05, 0) is 44.1 Å². The molecule has 2 heterocycles. The van der Waals surface area contributed by atoms with E-state index in [9.17, 15) is 14.4 Å². The molecule has 1 aliphatic rings. The Hall–Kier alpha value is -3.10. The topological polar surface area (TPSA) is 108 Å². The number of carbonyl (C=O) groups excluding carboxylic acids is 2. The van der Waals surface area contributed by atoms with Crippen molar-refractivity contribution in [1.82, 2.24) is 24.4 Å². The fourth-order valence-corrected chi connectivity index (χ4v) is 5.50. The molecule has 2 aromatic heterocycles. The fourth-order valence-electron chi connectivity index (χ4n) is 5.50. The van der Waals surface area contributed by atoms with Crippen molar-refractivity contribution < 1.29 is 14.3 Å². The average molecular weight is 568 g/mol. The normalized spacial score (nSPS) is 16.0. The van der Waals surface area contributed by atoms with Crippen LogP contribution in [0.5, 0.6) is 0 Å². The van der Waals surface area contributed by atoms with Crippen LogP contribution in [0.3, 0.4) is 0 Å². The maximum absolute atomic E-state index is 13.6. The van der Waals surface area contributed by atoms with Crippen LogP contribution in [0.15, 0.2) is 34.9 Å². The van der Waals surface area contributed by atoms with E-state index in [1.807, 2.05) is 0 Å². The third-order valence-corrected chi connectivity index (χ3v) is 8.28. The number of aryl methyl sites for hydroxylation is 1. The molecule has 9 nitrogen and oxygen atoms in total. The molecule has 0 aromatic carbocycles. The third kappa shape index (κ3) is 9.75. The highest BCUT2D eigenvalue weighted by molar-refractivity contribution is 6.10. The van der Waals surface area contributed by atoms with E-state index in [0.29, 0.717) is 12.3 Å². The van der Waals surface area contributed by atoms with Crippen molar-refractivity contribution >= 4 is 17.4 Å². The number of nitrogens with zero attached hydrogens (tertiary/aromatic N) is 5. The van der Waals surface area contributed by atoms with Gasteiger partial charge in [0.05, 0.1) is 0 Å². The number of esters is 1. The standard InChI is InChI=1S/C32H49N5O4/c1-5-6-7-8-9-10-11-12-13-14-15-16-17-27(31(39)41-22-25-18-20-26(21-19-25)24(2)3)29(38)28-30-34-35-36(4)32(40)37(30)23-33-28/h18,23,26-27H,2,5-17,19-22H2,1,3-4H3. The van der Waals surface area contributed by atoms with E-state index in [4.69, 9.17) is 4.74 Å². The van der Waals surface area contributed by atoms with Gasteiger partial charge in [-0.1, -0.05) is 107 Å². The van der Waals surface area contributed by atoms with Crippen LogP contribution in [0.4, 0.5) is 0 Å². The highest BCUT2D eigenvalue weighted by Crippen LogP contribution is 2.29. The minimum absolute atomic E-state index is 0.0164. The third-order valence-electron chi connectivity index (χ3n) is 8.28. The predicted octanol–water partition coefficient (Wildman–Crippen LogP) is 6.56. The fraction of sp³-hybridized carbons (Fsp3) is 0.688. The van der Waals surface area contributed by atoms with Gasteiger partial charge in [-0.25, -0.2) is 14.2 Å². The van der Waals surface area contributed by atoms with Crippen LogP contribution in [-0.4, -0.2) is 42.7 Å². The van der Waals surface area contributed by atoms with Gasteiger partial charge in [0.2, 0.25) is 0 Å². The van der Waals surface area contributed by atoms with Gasteiger partial charge in [0.25, 0.3) is 0 Å². The summed E-state index contributed by atoms with van der Waals surface area (Å²) in [5.41, 5.74) is 1.84. The van der Waals surface area contributed by atoms with E-state index >= 15 is 0 Å². The number of ketones is 1. The van der Waals surface area contributed by atoms with Gasteiger partial charge in [0.1, 0.15) is 18.9 Å². The van der Waals surface area contributed by atoms with E-state index in [1.165, 1.54) is 81.1 Å². The van der Waals surface area contributed by atoms with E-state index in [1.54, 1.807) is 0 Å². The number of fused-ring (bicyclic) bond motifs is 1. The van der Waals surface area contributed by atoms with Crippen LogP contribution >= 0.6 is 0 Å². The smallest absolute Gasteiger partial charge is 0.352 e. The van der Waals surface area contributed by atoms with Gasteiger partial charge in [0, 0.05) is 7.05 Å². The lowest BCUT2D eigenvalue weighted by Crippen LogP contribution is -2.29. The van der Waals surface area contributed by atoms with Crippen molar-refractivity contribution in [3.8, 4) is 0 Å². The Labute approximate surface area is 244 Å². The lowest BCUT2D eigenvalue weighted by molar-refractivity contribution is -0.146. The Bertz CT molecular complexity index is 1240. The molecule has 9 heteroatoms. The first-order valence-electron chi connectivity index (χ1n) is 15.6. The van der Waals surface area contributed by atoms with Crippen molar-refractivity contribution in [2.75, 3.05) is 6.61 Å². The van der Waals surface area contributed by atoms with Crippen LogP contribution in [0, 0.1) is 11.8 Å². The van der Waals surface area contributed by atoms with Crippen molar-refractivity contribution in [3.63, 3.8) is 0 Å². The zero-order chi connectivity index (χ0) is 29.6. The number of Topliss-reactive ketones (excluding diaryl/α,β-unsaturated/α-hetero) is 1. The molecule has 0 saturated heterocycles. The molecule has 3 rings (SSSR count). The molecule has 0 radical (unpaired) electrons. The van der Waals surface area contributed by atoms with Crippen LogP contribution in [-0.2, 0) is 16.6 Å². The molecular formula is C32H49N5O4. The highest BCUT2D eigenvalue weighted by atomic mass is 16.5. The van der Waals surface area contributed by atoms with Crippen LogP contribution in [0.2, 0.25) is 0 Å². The summed E-state index contributed by atoms with van der Waals surface area (Å²) in [6.07, 6.45) is 20.9. The summed E-state index contributed by atoms with van der Waals surface area (Å²) in [5.74, 6) is -1.53. The van der Waals surface area contributed by atoms with Gasteiger partial charge in [-0.15, -0.1) is 5.10 Å². The number of aromatic nitrogens is 5. The molecule has 0 fully saturated rings. The summed E-state index contributed by atoms with van der Waals surface area (Å²) in [7, 11) is 1.47. The van der Waals surface area contributed by atoms with Crippen molar-refractivity contribution in [1.29, 1.82) is 0 Å². The summed E-state index contributed by atoms with van der Waals surface area (Å²) >= 11 is 0. The molecule has 2 unspecified atom stereocenters. The molecular weight excluding hydrogens is 518 g/mol. The summed E-state index contributed by atoms with van der Waals surface area (Å²) in [6.45, 7) is 8.54. The maximum atomic E-state index is 13.6. The zero-order valence-corrected chi connectivity index (χ0v) is 25.4. The Balaban J connectivity index is 1.55. The van der Waals surface area contributed by atoms with Crippen molar-refractivity contribution in [2.24, 2.45) is 18.9 Å². The van der Waals surface area contributed by atoms with Gasteiger partial charge in [0.15, 0.2) is 17.1 Å². The quantitative estimate of drug-likeness (QED) is 0.0622. The summed E-state index contributed by atoms with van der Waals surface area (Å²) in [5, 5.41) is 7.78. The van der Waals surface area contributed by atoms with Gasteiger partial charge < -0.3 is 4.74 Å². The molecule has 41 heavy (non-hydrogen) atoms. The highest BCUT2D eigenvalue weighted by Gasteiger charge is 2.32. The summed E-state index contributed by atoms with van der Waals surface area (Å²) in [4.78, 5) is 43.4. The maximum Gasteiger partial charge on any atom is 0.352 e. The number of unbranched alkanes of at least 4 members (excludes halogenated alkanes) is 11. The average Bonchev–Trinajstić information content (AvgIpc) is 3.41. The molecule has 0 saturated carbocycles. The predicted molar refractivity (Wildman–Crippen MR) is 161 cm³/mol. The Morgan fingerprint density at radius 1 is 1.05 bits per heavy atom. The number of imidazole rings is 1.